The van der Waals surface area contributed by atoms with Gasteiger partial charge in [0.1, 0.15) is 0 Å². The number of nitrogens with one attached hydrogen (secondary N) is 4. The fourth-order valence-corrected chi connectivity index (χ4v) is 7.72. The van der Waals surface area contributed by atoms with Gasteiger partial charge in [0, 0.05) is 64.0 Å². The van der Waals surface area contributed by atoms with Crippen LogP contribution in [0.5, 0.6) is 0 Å². The Hall–Kier alpha value is -5.74. The number of amides is 4. The number of anilines is 4. The van der Waals surface area contributed by atoms with Crippen LogP contribution in [-0.2, 0) is 32.0 Å². The van der Waals surface area contributed by atoms with Crippen molar-refractivity contribution in [3.05, 3.63) is 137 Å². The topological polar surface area (TPSA) is 200 Å². The van der Waals surface area contributed by atoms with E-state index in [2.05, 4.69) is 41.7 Å². The highest BCUT2D eigenvalue weighted by Crippen LogP contribution is 2.31. The van der Waals surface area contributed by atoms with E-state index < -0.39 is 47.3 Å². The van der Waals surface area contributed by atoms with Crippen molar-refractivity contribution in [3.63, 3.8) is 0 Å². The van der Waals surface area contributed by atoms with Gasteiger partial charge in [-0.1, -0.05) is 83.5 Å². The molecular weight excluding hydrogens is 949 g/mol. The predicted octanol–water partition coefficient (Wildman–Crippen LogP) is 12.6. The number of hydrogen-bond acceptors (Lipinski definition) is 10. The minimum atomic E-state index is -1.59. The van der Waals surface area contributed by atoms with Crippen LogP contribution < -0.4 is 21.3 Å². The first-order chi connectivity index (χ1) is 30.3. The highest BCUT2D eigenvalue weighted by molar-refractivity contribution is 6.36. The lowest BCUT2D eigenvalue weighted by Crippen LogP contribution is -2.33. The molecule has 0 radical (unpaired) electrons. The van der Waals surface area contributed by atoms with E-state index in [-0.39, 0.29) is 32.5 Å². The highest BCUT2D eigenvalue weighted by atomic mass is 35.5. The molecule has 4 amide bonds. The molecular formula is C44H36Cl6N8O6. The monoisotopic (exact) mass is 982 g/mol. The molecule has 20 heteroatoms. The Morgan fingerprint density at radius 2 is 0.797 bits per heavy atom. The van der Waals surface area contributed by atoms with Crippen LogP contribution in [0, 0.1) is 0 Å². The summed E-state index contributed by atoms with van der Waals surface area (Å²) < 4.78 is 0. The van der Waals surface area contributed by atoms with E-state index in [0.29, 0.717) is 66.8 Å². The van der Waals surface area contributed by atoms with Gasteiger partial charge in [-0.05, 0) is 123 Å². The zero-order valence-electron chi connectivity index (χ0n) is 34.2. The third kappa shape index (κ3) is 13.4. The second-order valence-electron chi connectivity index (χ2n) is 13.9. The Bertz CT molecular complexity index is 2520. The fourth-order valence-electron chi connectivity index (χ4n) is 6.21. The number of benzene rings is 5. The maximum absolute atomic E-state index is 13.6. The first-order valence-corrected chi connectivity index (χ1v) is 21.4. The Balaban J connectivity index is 1.31. The number of rotatable bonds is 16. The first kappa shape index (κ1) is 49.3. The number of Topliss-reactive ketones (excluding diaryl/α,β-unsaturated/α-hetero) is 2. The molecule has 64 heavy (non-hydrogen) atoms. The van der Waals surface area contributed by atoms with Crippen molar-refractivity contribution in [1.82, 2.24) is 0 Å². The number of ketones is 2. The van der Waals surface area contributed by atoms with E-state index in [1.54, 1.807) is 0 Å². The summed E-state index contributed by atoms with van der Waals surface area (Å²) in [5, 5.41) is 28.5. The molecule has 0 saturated carbocycles. The number of nitrogens with zero attached hydrogens (tertiary/aromatic N) is 4. The van der Waals surface area contributed by atoms with Gasteiger partial charge in [0.25, 0.3) is 23.6 Å². The van der Waals surface area contributed by atoms with Gasteiger partial charge in [0.15, 0.2) is 11.6 Å². The standard InChI is InChI=1S/C44H36Cl6N8O6/c1-5-35-36(6-2)38(54-44(64)40(22(4)60)58-56-34-12-24(10-26(46)20-34)42(62)52-32-17-29(49)14-30(50)18-32)8-7-37(35)53-43(63)39(21(3)59)57-55-33-11-23(9-25(45)19-33)41(61)51-31-15-27(47)13-28(48)16-31/h7-20,39-40H,5-6H2,1-4H3,(H,51,61)(H,52,62)(H,53,63)(H,54,64). The van der Waals surface area contributed by atoms with Gasteiger partial charge in [0.2, 0.25) is 12.1 Å². The molecule has 0 bridgehead atoms. The molecule has 0 heterocycles. The van der Waals surface area contributed by atoms with Crippen LogP contribution >= 0.6 is 69.6 Å². The molecule has 0 fully saturated rings. The van der Waals surface area contributed by atoms with E-state index in [0.717, 1.165) is 0 Å². The van der Waals surface area contributed by atoms with E-state index in [1.807, 2.05) is 13.8 Å². The zero-order chi connectivity index (χ0) is 46.8. The summed E-state index contributed by atoms with van der Waals surface area (Å²) in [7, 11) is 0. The smallest absolute Gasteiger partial charge is 0.258 e. The van der Waals surface area contributed by atoms with Gasteiger partial charge in [-0.15, -0.1) is 0 Å². The summed E-state index contributed by atoms with van der Waals surface area (Å²) in [4.78, 5) is 78.6. The molecule has 330 valence electrons. The summed E-state index contributed by atoms with van der Waals surface area (Å²) in [6, 6.07) is 17.3. The Morgan fingerprint density at radius 3 is 1.11 bits per heavy atom. The average molecular weight is 986 g/mol. The normalized spacial score (nSPS) is 12.2. The van der Waals surface area contributed by atoms with Gasteiger partial charge >= 0.3 is 0 Å². The largest absolute Gasteiger partial charge is 0.323 e. The number of carbonyl (C=O) groups is 6. The predicted molar refractivity (Wildman–Crippen MR) is 252 cm³/mol. The number of azo groups is 2. The SMILES string of the molecule is CCc1c(NC(=O)C(N=Nc2cc(Cl)cc(C(=O)Nc3cc(Cl)cc(Cl)c3)c2)C(C)=O)ccc(NC(=O)C(N=Nc2cc(Cl)cc(C(=O)Nc3cc(Cl)cc(Cl)c3)c2)C(C)=O)c1CC. The fraction of sp³-hybridized carbons (Fsp3) is 0.182. The molecule has 0 saturated heterocycles. The van der Waals surface area contributed by atoms with Crippen LogP contribution in [0.15, 0.2) is 105 Å². The summed E-state index contributed by atoms with van der Waals surface area (Å²) in [6.45, 7) is 6.03. The van der Waals surface area contributed by atoms with Gasteiger partial charge in [-0.3, -0.25) is 28.8 Å². The second-order valence-corrected chi connectivity index (χ2v) is 16.5. The summed E-state index contributed by atoms with van der Waals surface area (Å²) in [5.74, 6) is -3.96. The minimum absolute atomic E-state index is 0.0904. The lowest BCUT2D eigenvalue weighted by Gasteiger charge is -2.20. The summed E-state index contributed by atoms with van der Waals surface area (Å²) in [6.07, 6.45) is 0.767. The molecule has 5 aromatic rings. The number of halogens is 6. The quantitative estimate of drug-likeness (QED) is 0.0560. The molecule has 0 aliphatic heterocycles. The maximum Gasteiger partial charge on any atom is 0.258 e. The van der Waals surface area contributed by atoms with E-state index in [1.165, 1.54) is 98.8 Å². The van der Waals surface area contributed by atoms with Crippen molar-refractivity contribution in [2.75, 3.05) is 21.3 Å². The Labute approximate surface area is 397 Å². The molecule has 2 atom stereocenters. The maximum atomic E-state index is 13.6. The molecule has 5 rings (SSSR count). The summed E-state index contributed by atoms with van der Waals surface area (Å²) >= 11 is 36.7. The summed E-state index contributed by atoms with van der Waals surface area (Å²) in [5.41, 5.74) is 3.00. The number of hydrogen-bond donors (Lipinski definition) is 4. The lowest BCUT2D eigenvalue weighted by molar-refractivity contribution is -0.127. The lowest BCUT2D eigenvalue weighted by atomic mass is 9.98. The molecule has 0 aliphatic carbocycles. The van der Waals surface area contributed by atoms with Gasteiger partial charge in [-0.2, -0.15) is 20.5 Å². The Kier molecular flexibility index (Phi) is 17.1. The Morgan fingerprint density at radius 1 is 0.469 bits per heavy atom. The van der Waals surface area contributed by atoms with Crippen LogP contribution in [0.1, 0.15) is 59.5 Å². The van der Waals surface area contributed by atoms with Crippen molar-refractivity contribution in [1.29, 1.82) is 0 Å². The van der Waals surface area contributed by atoms with Crippen molar-refractivity contribution >= 4 is 139 Å². The molecule has 0 aliphatic rings. The molecule has 14 nitrogen and oxygen atoms in total. The van der Waals surface area contributed by atoms with Gasteiger partial charge in [-0.25, -0.2) is 0 Å². The van der Waals surface area contributed by atoms with Crippen molar-refractivity contribution < 1.29 is 28.8 Å². The third-order valence-electron chi connectivity index (χ3n) is 9.03. The van der Waals surface area contributed by atoms with E-state index >= 15 is 0 Å². The third-order valence-corrected chi connectivity index (χ3v) is 10.3. The van der Waals surface area contributed by atoms with Crippen molar-refractivity contribution in [2.24, 2.45) is 20.5 Å². The molecule has 4 N–H and O–H groups in total. The van der Waals surface area contributed by atoms with Crippen LogP contribution in [0.3, 0.4) is 0 Å². The molecule has 2 unspecified atom stereocenters. The second kappa shape index (κ2) is 22.2. The number of carbonyl (C=O) groups excluding carboxylic acids is 6. The molecule has 0 spiro atoms. The van der Waals surface area contributed by atoms with Crippen molar-refractivity contribution in [2.45, 2.75) is 52.6 Å². The van der Waals surface area contributed by atoms with Gasteiger partial charge in [0.05, 0.1) is 11.4 Å². The van der Waals surface area contributed by atoms with Crippen LogP contribution in [0.4, 0.5) is 34.1 Å². The van der Waals surface area contributed by atoms with Crippen LogP contribution in [-0.4, -0.2) is 47.3 Å². The first-order valence-electron chi connectivity index (χ1n) is 19.1. The van der Waals surface area contributed by atoms with Crippen LogP contribution in [0.2, 0.25) is 30.1 Å². The van der Waals surface area contributed by atoms with Gasteiger partial charge < -0.3 is 21.3 Å². The van der Waals surface area contributed by atoms with Crippen LogP contribution in [0.25, 0.3) is 0 Å². The minimum Gasteiger partial charge on any atom is -0.323 e. The van der Waals surface area contributed by atoms with E-state index in [9.17, 15) is 28.8 Å². The highest BCUT2D eigenvalue weighted by Gasteiger charge is 2.27. The average Bonchev–Trinajstić information content (AvgIpc) is 3.19. The zero-order valence-corrected chi connectivity index (χ0v) is 38.7. The van der Waals surface area contributed by atoms with E-state index in [4.69, 9.17) is 69.6 Å². The molecule has 5 aromatic carbocycles. The van der Waals surface area contributed by atoms with Crippen molar-refractivity contribution in [3.8, 4) is 0 Å². The molecule has 0 aromatic heterocycles.